The zero-order valence-electron chi connectivity index (χ0n) is 11.2. The first-order valence-corrected chi connectivity index (χ1v) is 7.61. The first kappa shape index (κ1) is 13.1. The number of nitrogens with zero attached hydrogens (tertiary/aromatic N) is 1. The Labute approximate surface area is 109 Å². The van der Waals surface area contributed by atoms with Crippen molar-refractivity contribution in [2.45, 2.75) is 51.7 Å². The fourth-order valence-electron chi connectivity index (χ4n) is 2.51. The smallest absolute Gasteiger partial charge is 0.0307 e. The number of hydrogen-bond donors (Lipinski definition) is 1. The first-order valence-electron chi connectivity index (χ1n) is 6.67. The molecule has 1 saturated heterocycles. The third-order valence-corrected chi connectivity index (χ3v) is 4.92. The van der Waals surface area contributed by atoms with Crippen molar-refractivity contribution in [1.82, 2.24) is 10.2 Å². The monoisotopic (exact) mass is 252 g/mol. The van der Waals surface area contributed by atoms with Crippen molar-refractivity contribution < 1.29 is 0 Å². The van der Waals surface area contributed by atoms with E-state index in [1.54, 1.807) is 11.3 Å². The molecule has 1 aliphatic heterocycles. The predicted molar refractivity (Wildman–Crippen MR) is 75.5 cm³/mol. The minimum atomic E-state index is 0.313. The normalized spacial score (nSPS) is 30.6. The maximum absolute atomic E-state index is 3.68. The highest BCUT2D eigenvalue weighted by Gasteiger charge is 2.35. The van der Waals surface area contributed by atoms with E-state index in [9.17, 15) is 0 Å². The second-order valence-electron chi connectivity index (χ2n) is 5.35. The Morgan fingerprint density at radius 3 is 2.94 bits per heavy atom. The van der Waals surface area contributed by atoms with Crippen LogP contribution in [0.5, 0.6) is 0 Å². The summed E-state index contributed by atoms with van der Waals surface area (Å²) in [4.78, 5) is 2.67. The highest BCUT2D eigenvalue weighted by atomic mass is 32.1. The van der Waals surface area contributed by atoms with E-state index in [0.717, 1.165) is 13.1 Å². The largest absolute Gasteiger partial charge is 0.311 e. The van der Waals surface area contributed by atoms with Gasteiger partial charge in [0.05, 0.1) is 0 Å². The van der Waals surface area contributed by atoms with Gasteiger partial charge in [-0.25, -0.2) is 0 Å². The first-order chi connectivity index (χ1) is 8.18. The molecule has 2 nitrogen and oxygen atoms in total. The Morgan fingerprint density at radius 1 is 1.53 bits per heavy atom. The van der Waals surface area contributed by atoms with Gasteiger partial charge in [-0.2, -0.15) is 11.3 Å². The molecule has 0 saturated carbocycles. The van der Waals surface area contributed by atoms with Crippen molar-refractivity contribution in [3.8, 4) is 0 Å². The maximum Gasteiger partial charge on any atom is 0.0307 e. The molecule has 1 aromatic heterocycles. The molecule has 0 spiro atoms. The number of hydrogen-bond acceptors (Lipinski definition) is 3. The van der Waals surface area contributed by atoms with E-state index >= 15 is 0 Å². The Balaban J connectivity index is 2.08. The molecular formula is C14H24N2S. The molecule has 1 fully saturated rings. The minimum absolute atomic E-state index is 0.313. The summed E-state index contributed by atoms with van der Waals surface area (Å²) in [7, 11) is 0. The van der Waals surface area contributed by atoms with Crippen LogP contribution in [0.3, 0.4) is 0 Å². The topological polar surface area (TPSA) is 15.3 Å². The van der Waals surface area contributed by atoms with Crippen molar-refractivity contribution in [3.63, 3.8) is 0 Å². The van der Waals surface area contributed by atoms with Crippen LogP contribution in [0.1, 0.15) is 39.2 Å². The fraction of sp³-hybridized carbons (Fsp3) is 0.714. The summed E-state index contributed by atoms with van der Waals surface area (Å²) in [6, 6.07) is 2.91. The van der Waals surface area contributed by atoms with E-state index < -0.39 is 0 Å². The van der Waals surface area contributed by atoms with Gasteiger partial charge in [0.15, 0.2) is 0 Å². The third-order valence-electron chi connectivity index (χ3n) is 4.18. The Hall–Kier alpha value is -0.380. The molecule has 2 unspecified atom stereocenters. The van der Waals surface area contributed by atoms with Crippen LogP contribution >= 0.6 is 11.3 Å². The molecule has 0 bridgehead atoms. The van der Waals surface area contributed by atoms with Gasteiger partial charge < -0.3 is 5.32 Å². The lowest BCUT2D eigenvalue weighted by Crippen LogP contribution is -2.62. The van der Waals surface area contributed by atoms with Crippen molar-refractivity contribution in [3.05, 3.63) is 22.4 Å². The molecule has 2 rings (SSSR count). The van der Waals surface area contributed by atoms with E-state index in [-0.39, 0.29) is 0 Å². The summed E-state index contributed by atoms with van der Waals surface area (Å²) >= 11 is 1.80. The average molecular weight is 252 g/mol. The van der Waals surface area contributed by atoms with E-state index in [1.807, 2.05) is 0 Å². The quantitative estimate of drug-likeness (QED) is 0.886. The molecule has 1 aliphatic rings. The van der Waals surface area contributed by atoms with Crippen LogP contribution < -0.4 is 5.32 Å². The van der Waals surface area contributed by atoms with Gasteiger partial charge in [0, 0.05) is 31.2 Å². The van der Waals surface area contributed by atoms with Crippen LogP contribution in [0.2, 0.25) is 0 Å². The zero-order valence-corrected chi connectivity index (χ0v) is 12.0. The van der Waals surface area contributed by atoms with Gasteiger partial charge in [-0.05, 0) is 42.2 Å². The van der Waals surface area contributed by atoms with Crippen molar-refractivity contribution >= 4 is 11.3 Å². The lowest BCUT2D eigenvalue weighted by atomic mass is 9.91. The van der Waals surface area contributed by atoms with Crippen LogP contribution in [-0.2, 0) is 6.54 Å². The standard InChI is InChI=1S/C14H24N2S/c1-4-13-9-16(8-12-6-7-17-10-12)14(3,5-2)11-15-13/h6-7,10,13,15H,4-5,8-9,11H2,1-3H3. The summed E-state index contributed by atoms with van der Waals surface area (Å²) < 4.78 is 0. The maximum atomic E-state index is 3.68. The Bertz CT molecular complexity index is 336. The van der Waals surface area contributed by atoms with E-state index in [0.29, 0.717) is 11.6 Å². The summed E-state index contributed by atoms with van der Waals surface area (Å²) in [5, 5.41) is 8.14. The van der Waals surface area contributed by atoms with E-state index in [1.165, 1.54) is 24.9 Å². The summed E-state index contributed by atoms with van der Waals surface area (Å²) in [5.41, 5.74) is 1.78. The Kier molecular flexibility index (Phi) is 4.23. The SMILES string of the molecule is CCC1CN(Cc2ccsc2)C(C)(CC)CN1. The molecule has 3 heteroatoms. The molecule has 96 valence electrons. The van der Waals surface area contributed by atoms with Gasteiger partial charge >= 0.3 is 0 Å². The zero-order chi connectivity index (χ0) is 12.3. The second kappa shape index (κ2) is 5.51. The van der Waals surface area contributed by atoms with Crippen LogP contribution in [0, 0.1) is 0 Å². The minimum Gasteiger partial charge on any atom is -0.311 e. The van der Waals surface area contributed by atoms with Gasteiger partial charge in [-0.1, -0.05) is 13.8 Å². The molecular weight excluding hydrogens is 228 g/mol. The molecule has 0 radical (unpaired) electrons. The lowest BCUT2D eigenvalue weighted by Gasteiger charge is -2.48. The van der Waals surface area contributed by atoms with Gasteiger partial charge in [-0.3, -0.25) is 4.90 Å². The van der Waals surface area contributed by atoms with Crippen molar-refractivity contribution in [2.24, 2.45) is 0 Å². The van der Waals surface area contributed by atoms with Crippen molar-refractivity contribution in [2.75, 3.05) is 13.1 Å². The predicted octanol–water partition coefficient (Wildman–Crippen LogP) is 3.10. The highest BCUT2D eigenvalue weighted by Crippen LogP contribution is 2.26. The average Bonchev–Trinajstić information content (AvgIpc) is 2.85. The fourth-order valence-corrected chi connectivity index (χ4v) is 3.17. The number of piperazine rings is 1. The molecule has 0 aromatic carbocycles. The molecule has 0 amide bonds. The van der Waals surface area contributed by atoms with E-state index in [2.05, 4.69) is 47.8 Å². The van der Waals surface area contributed by atoms with Crippen LogP contribution in [0.25, 0.3) is 0 Å². The van der Waals surface area contributed by atoms with Crippen molar-refractivity contribution in [1.29, 1.82) is 0 Å². The summed E-state index contributed by atoms with van der Waals surface area (Å²) in [5.74, 6) is 0. The second-order valence-corrected chi connectivity index (χ2v) is 6.13. The third kappa shape index (κ3) is 2.90. The van der Waals surface area contributed by atoms with Crippen LogP contribution in [0.4, 0.5) is 0 Å². The van der Waals surface area contributed by atoms with Gasteiger partial charge in [0.25, 0.3) is 0 Å². The molecule has 2 atom stereocenters. The summed E-state index contributed by atoms with van der Waals surface area (Å²) in [6.07, 6.45) is 2.43. The molecule has 1 aromatic rings. The van der Waals surface area contributed by atoms with Crippen LogP contribution in [0.15, 0.2) is 16.8 Å². The number of nitrogens with one attached hydrogen (secondary N) is 1. The van der Waals surface area contributed by atoms with Gasteiger partial charge in [-0.15, -0.1) is 0 Å². The highest BCUT2D eigenvalue weighted by molar-refractivity contribution is 7.07. The molecule has 17 heavy (non-hydrogen) atoms. The number of thiophene rings is 1. The Morgan fingerprint density at radius 2 is 2.35 bits per heavy atom. The van der Waals surface area contributed by atoms with E-state index in [4.69, 9.17) is 0 Å². The lowest BCUT2D eigenvalue weighted by molar-refractivity contribution is 0.0409. The molecule has 2 heterocycles. The molecule has 0 aliphatic carbocycles. The van der Waals surface area contributed by atoms with Crippen LogP contribution in [-0.4, -0.2) is 29.6 Å². The molecule has 1 N–H and O–H groups in total. The van der Waals surface area contributed by atoms with Gasteiger partial charge in [0.1, 0.15) is 0 Å². The summed E-state index contributed by atoms with van der Waals surface area (Å²) in [6.45, 7) is 10.4. The van der Waals surface area contributed by atoms with Gasteiger partial charge in [0.2, 0.25) is 0 Å². The number of rotatable bonds is 4.